The van der Waals surface area contributed by atoms with Crippen molar-refractivity contribution in [1.29, 1.82) is 0 Å². The number of hydrogen-bond donors (Lipinski definition) is 1. The van der Waals surface area contributed by atoms with E-state index in [1.807, 2.05) is 0 Å². The molecule has 0 radical (unpaired) electrons. The van der Waals surface area contributed by atoms with Gasteiger partial charge >= 0.3 is 0 Å². The Hall–Kier alpha value is -1.78. The molecule has 2 aromatic carbocycles. The smallest absolute Gasteiger partial charge is 0.243 e. The fraction of sp³-hybridized carbons (Fsp3) is 0.263. The summed E-state index contributed by atoms with van der Waals surface area (Å²) in [5, 5.41) is 9.86. The van der Waals surface area contributed by atoms with Crippen LogP contribution in [0.4, 0.5) is 0 Å². The van der Waals surface area contributed by atoms with Crippen molar-refractivity contribution in [1.82, 2.24) is 19.2 Å². The zero-order valence-electron chi connectivity index (χ0n) is 16.4. The maximum atomic E-state index is 12.8. The highest BCUT2D eigenvalue weighted by Crippen LogP contribution is 2.32. The van der Waals surface area contributed by atoms with E-state index in [1.54, 1.807) is 56.3 Å². The van der Waals surface area contributed by atoms with Crippen LogP contribution in [0, 0.1) is 0 Å². The van der Waals surface area contributed by atoms with E-state index in [9.17, 15) is 8.42 Å². The summed E-state index contributed by atoms with van der Waals surface area (Å²) < 4.78 is 28.4. The molecular weight excluding hydrogens is 465 g/mol. The fourth-order valence-electron chi connectivity index (χ4n) is 2.89. The third-order valence-electron chi connectivity index (χ3n) is 4.51. The molecule has 0 amide bonds. The summed E-state index contributed by atoms with van der Waals surface area (Å²) in [6.45, 7) is 4.38. The Labute approximate surface area is 190 Å². The normalized spacial score (nSPS) is 11.9. The number of sulfonamides is 1. The third-order valence-corrected chi connectivity index (χ3v) is 8.23. The zero-order valence-corrected chi connectivity index (χ0v) is 19.6. The third kappa shape index (κ3) is 4.60. The molecule has 160 valence electrons. The Balaban J connectivity index is 1.87. The molecule has 1 heterocycles. The van der Waals surface area contributed by atoms with Crippen LogP contribution in [-0.2, 0) is 15.8 Å². The van der Waals surface area contributed by atoms with Gasteiger partial charge in [-0.25, -0.2) is 13.1 Å². The maximum absolute atomic E-state index is 12.8. The van der Waals surface area contributed by atoms with Gasteiger partial charge in [0.2, 0.25) is 15.2 Å². The van der Waals surface area contributed by atoms with Crippen LogP contribution in [0.1, 0.15) is 19.4 Å². The summed E-state index contributed by atoms with van der Waals surface area (Å²) in [5.41, 5.74) is 1.34. The number of nitrogens with zero attached hydrogens (tertiary/aromatic N) is 4. The average molecular weight is 486 g/mol. The highest BCUT2D eigenvalue weighted by Gasteiger charge is 2.23. The van der Waals surface area contributed by atoms with E-state index in [4.69, 9.17) is 29.0 Å². The van der Waals surface area contributed by atoms with Crippen LogP contribution in [-0.4, -0.2) is 40.7 Å². The number of nitrogen functional groups attached to an aromatic ring is 1. The summed E-state index contributed by atoms with van der Waals surface area (Å²) >= 11 is 13.8. The predicted molar refractivity (Wildman–Crippen MR) is 122 cm³/mol. The van der Waals surface area contributed by atoms with Gasteiger partial charge in [-0.15, -0.1) is 10.2 Å². The monoisotopic (exact) mass is 485 g/mol. The van der Waals surface area contributed by atoms with Gasteiger partial charge in [0, 0.05) is 34.5 Å². The number of halogens is 2. The van der Waals surface area contributed by atoms with Crippen molar-refractivity contribution >= 4 is 45.0 Å². The van der Waals surface area contributed by atoms with Gasteiger partial charge in [-0.3, -0.25) is 0 Å². The van der Waals surface area contributed by atoms with Crippen molar-refractivity contribution in [2.75, 3.05) is 18.9 Å². The van der Waals surface area contributed by atoms with E-state index in [1.165, 1.54) is 20.7 Å². The van der Waals surface area contributed by atoms with Gasteiger partial charge in [0.1, 0.15) is 0 Å². The second-order valence-electron chi connectivity index (χ2n) is 6.28. The molecule has 0 saturated carbocycles. The minimum Gasteiger partial charge on any atom is -0.335 e. The number of hydrogen-bond acceptors (Lipinski definition) is 6. The molecule has 11 heteroatoms. The van der Waals surface area contributed by atoms with Crippen molar-refractivity contribution < 1.29 is 8.42 Å². The number of nitrogens with two attached hydrogens (primary N) is 1. The van der Waals surface area contributed by atoms with Crippen molar-refractivity contribution in [3.63, 3.8) is 0 Å². The average Bonchev–Trinajstić information content (AvgIpc) is 3.09. The van der Waals surface area contributed by atoms with Crippen LogP contribution in [0.2, 0.25) is 10.0 Å². The molecule has 0 atom stereocenters. The number of aromatic nitrogens is 3. The Morgan fingerprint density at radius 3 is 2.33 bits per heavy atom. The lowest BCUT2D eigenvalue weighted by atomic mass is 10.2. The second-order valence-corrected chi connectivity index (χ2v) is 9.98. The summed E-state index contributed by atoms with van der Waals surface area (Å²) in [7, 11) is -3.59. The molecule has 1 aromatic heterocycles. The maximum Gasteiger partial charge on any atom is 0.243 e. The van der Waals surface area contributed by atoms with Crippen LogP contribution in [0.25, 0.3) is 11.4 Å². The molecule has 0 spiro atoms. The Bertz CT molecular complexity index is 1130. The quantitative estimate of drug-likeness (QED) is 0.377. The minimum atomic E-state index is -3.59. The first kappa shape index (κ1) is 22.9. The lowest BCUT2D eigenvalue weighted by Crippen LogP contribution is -2.30. The van der Waals surface area contributed by atoms with Gasteiger partial charge in [-0.1, -0.05) is 67.0 Å². The van der Waals surface area contributed by atoms with Crippen LogP contribution in [0.5, 0.6) is 0 Å². The van der Waals surface area contributed by atoms with E-state index >= 15 is 0 Å². The molecule has 0 aliphatic heterocycles. The Kier molecular flexibility index (Phi) is 7.30. The van der Waals surface area contributed by atoms with Crippen molar-refractivity contribution in [2.45, 2.75) is 29.7 Å². The van der Waals surface area contributed by atoms with Crippen LogP contribution in [0.15, 0.2) is 52.5 Å². The number of rotatable bonds is 8. The van der Waals surface area contributed by atoms with Crippen molar-refractivity contribution in [2.24, 2.45) is 0 Å². The lowest BCUT2D eigenvalue weighted by molar-refractivity contribution is 0.445. The van der Waals surface area contributed by atoms with E-state index in [0.29, 0.717) is 45.4 Å². The molecule has 0 unspecified atom stereocenters. The van der Waals surface area contributed by atoms with Gasteiger partial charge < -0.3 is 5.84 Å². The minimum absolute atomic E-state index is 0.184. The SMILES string of the molecule is CCN(CC)S(=O)(=O)c1cccc(-c2nnc(SCc3c(Cl)cccc3Cl)n2N)c1. The van der Waals surface area contributed by atoms with Gasteiger partial charge in [0.25, 0.3) is 0 Å². The summed E-state index contributed by atoms with van der Waals surface area (Å²) in [5.74, 6) is 7.01. The summed E-state index contributed by atoms with van der Waals surface area (Å²) in [6, 6.07) is 11.8. The molecule has 2 N–H and O–H groups in total. The van der Waals surface area contributed by atoms with Gasteiger partial charge in [-0.2, -0.15) is 4.31 Å². The van der Waals surface area contributed by atoms with E-state index < -0.39 is 10.0 Å². The second kappa shape index (κ2) is 9.57. The highest BCUT2D eigenvalue weighted by molar-refractivity contribution is 7.98. The topological polar surface area (TPSA) is 94.1 Å². The molecule has 7 nitrogen and oxygen atoms in total. The summed E-state index contributed by atoms with van der Waals surface area (Å²) in [6.07, 6.45) is 0. The molecule has 30 heavy (non-hydrogen) atoms. The largest absolute Gasteiger partial charge is 0.335 e. The lowest BCUT2D eigenvalue weighted by Gasteiger charge is -2.18. The van der Waals surface area contributed by atoms with E-state index in [-0.39, 0.29) is 4.90 Å². The predicted octanol–water partition coefficient (Wildman–Crippen LogP) is 4.29. The zero-order chi connectivity index (χ0) is 21.9. The first-order chi connectivity index (χ1) is 14.3. The first-order valence-corrected chi connectivity index (χ1v) is 12.3. The molecule has 0 saturated heterocycles. The molecule has 0 aliphatic rings. The Morgan fingerprint density at radius 2 is 1.70 bits per heavy atom. The van der Waals surface area contributed by atoms with Gasteiger partial charge in [0.15, 0.2) is 5.82 Å². The number of thioether (sulfide) groups is 1. The van der Waals surface area contributed by atoms with Gasteiger partial charge in [0.05, 0.1) is 4.90 Å². The number of benzene rings is 2. The molecule has 0 fully saturated rings. The highest BCUT2D eigenvalue weighted by atomic mass is 35.5. The van der Waals surface area contributed by atoms with Crippen molar-refractivity contribution in [3.8, 4) is 11.4 Å². The van der Waals surface area contributed by atoms with E-state index in [2.05, 4.69) is 10.2 Å². The van der Waals surface area contributed by atoms with Gasteiger partial charge in [-0.05, 0) is 29.8 Å². The summed E-state index contributed by atoms with van der Waals surface area (Å²) in [4.78, 5) is 0.184. The molecule has 3 rings (SSSR count). The van der Waals surface area contributed by atoms with Crippen LogP contribution in [0.3, 0.4) is 0 Å². The molecule has 3 aromatic rings. The Morgan fingerprint density at radius 1 is 1.07 bits per heavy atom. The molecular formula is C19H21Cl2N5O2S2. The standard InChI is InChI=1S/C19H21Cl2N5O2S2/c1-3-25(4-2)30(27,28)14-8-5-7-13(11-14)18-23-24-19(26(18)22)29-12-15-16(20)9-6-10-17(15)21/h5-11H,3-4,12,22H2,1-2H3. The van der Waals surface area contributed by atoms with Crippen molar-refractivity contribution in [3.05, 3.63) is 58.1 Å². The molecule has 0 bridgehead atoms. The first-order valence-electron chi connectivity index (χ1n) is 9.16. The molecule has 0 aliphatic carbocycles. The fourth-order valence-corrected chi connectivity index (χ4v) is 5.99. The van der Waals surface area contributed by atoms with Crippen LogP contribution >= 0.6 is 35.0 Å². The van der Waals surface area contributed by atoms with Crippen LogP contribution < -0.4 is 5.84 Å². The van der Waals surface area contributed by atoms with E-state index in [0.717, 1.165) is 5.56 Å².